The van der Waals surface area contributed by atoms with Crippen LogP contribution in [0.25, 0.3) is 11.3 Å². The average molecular weight is 334 g/mol. The van der Waals surface area contributed by atoms with Crippen molar-refractivity contribution in [1.82, 2.24) is 19.9 Å². The summed E-state index contributed by atoms with van der Waals surface area (Å²) in [5, 5.41) is 9.67. The van der Waals surface area contributed by atoms with Gasteiger partial charge in [0.05, 0.1) is 23.8 Å². The molecule has 3 aromatic heterocycles. The van der Waals surface area contributed by atoms with Crippen molar-refractivity contribution < 1.29 is 9.84 Å². The van der Waals surface area contributed by atoms with Gasteiger partial charge in [-0.25, -0.2) is 9.97 Å². The number of nitrogens with zero attached hydrogens (tertiary/aromatic N) is 4. The van der Waals surface area contributed by atoms with Gasteiger partial charge in [0.2, 0.25) is 11.8 Å². The van der Waals surface area contributed by atoms with Crippen molar-refractivity contribution in [2.45, 2.75) is 32.3 Å². The molecule has 6 nitrogen and oxygen atoms in total. The zero-order valence-electron chi connectivity index (χ0n) is 13.7. The number of rotatable bonds is 4. The lowest BCUT2D eigenvalue weighted by Crippen LogP contribution is -2.10. The van der Waals surface area contributed by atoms with Crippen molar-refractivity contribution in [2.75, 3.05) is 0 Å². The molecule has 0 atom stereocenters. The first kappa shape index (κ1) is 15.5. The van der Waals surface area contributed by atoms with E-state index < -0.39 is 0 Å². The predicted octanol–water partition coefficient (Wildman–Crippen LogP) is 3.10. The highest BCUT2D eigenvalue weighted by atomic mass is 16.5. The summed E-state index contributed by atoms with van der Waals surface area (Å²) >= 11 is 0. The Morgan fingerprint density at radius 1 is 1.08 bits per heavy atom. The topological polar surface area (TPSA) is 81.0 Å². The minimum atomic E-state index is -0.0881. The van der Waals surface area contributed by atoms with E-state index >= 15 is 0 Å². The van der Waals surface area contributed by atoms with Crippen LogP contribution < -0.4 is 4.74 Å². The van der Waals surface area contributed by atoms with Crippen LogP contribution in [0.3, 0.4) is 0 Å². The van der Waals surface area contributed by atoms with Crippen molar-refractivity contribution in [2.24, 2.45) is 0 Å². The monoisotopic (exact) mass is 334 g/mol. The van der Waals surface area contributed by atoms with Crippen molar-refractivity contribution >= 4 is 0 Å². The van der Waals surface area contributed by atoms with Crippen LogP contribution in [0.1, 0.15) is 29.8 Å². The first-order valence-corrected chi connectivity index (χ1v) is 8.36. The molecule has 0 saturated heterocycles. The molecule has 3 aromatic rings. The third kappa shape index (κ3) is 3.42. The fourth-order valence-electron chi connectivity index (χ4n) is 3.10. The lowest BCUT2D eigenvalue weighted by Gasteiger charge is -2.19. The van der Waals surface area contributed by atoms with E-state index in [1.807, 2.05) is 24.3 Å². The van der Waals surface area contributed by atoms with Crippen molar-refractivity contribution in [3.8, 4) is 23.0 Å². The summed E-state index contributed by atoms with van der Waals surface area (Å²) in [6, 6.07) is 7.61. The van der Waals surface area contributed by atoms with Gasteiger partial charge in [0.15, 0.2) is 0 Å². The predicted molar refractivity (Wildman–Crippen MR) is 92.1 cm³/mol. The van der Waals surface area contributed by atoms with Gasteiger partial charge in [0, 0.05) is 23.5 Å². The molecule has 1 N–H and O–H groups in total. The Morgan fingerprint density at radius 2 is 2.00 bits per heavy atom. The van der Waals surface area contributed by atoms with E-state index in [1.54, 1.807) is 12.4 Å². The number of ether oxygens (including phenoxy) is 1. The number of aryl methyl sites for hydroxylation is 1. The number of fused-ring (bicyclic) bond motifs is 1. The molecule has 0 aliphatic heterocycles. The molecule has 0 aromatic carbocycles. The maximum Gasteiger partial charge on any atom is 0.230 e. The summed E-state index contributed by atoms with van der Waals surface area (Å²) in [6.07, 6.45) is 8.86. The van der Waals surface area contributed by atoms with Crippen LogP contribution in [0, 0.1) is 0 Å². The zero-order chi connectivity index (χ0) is 17.1. The summed E-state index contributed by atoms with van der Waals surface area (Å²) < 4.78 is 5.87. The van der Waals surface area contributed by atoms with Gasteiger partial charge >= 0.3 is 0 Å². The largest absolute Gasteiger partial charge is 0.492 e. The highest BCUT2D eigenvalue weighted by molar-refractivity contribution is 5.66. The Labute approximate surface area is 145 Å². The van der Waals surface area contributed by atoms with Gasteiger partial charge in [-0.15, -0.1) is 0 Å². The van der Waals surface area contributed by atoms with Crippen molar-refractivity contribution in [3.05, 3.63) is 59.8 Å². The van der Waals surface area contributed by atoms with E-state index in [0.29, 0.717) is 18.2 Å². The van der Waals surface area contributed by atoms with Crippen LogP contribution in [0.4, 0.5) is 0 Å². The summed E-state index contributed by atoms with van der Waals surface area (Å²) in [5.41, 5.74) is 4.65. The maximum absolute atomic E-state index is 9.67. The normalized spacial score (nSPS) is 13.3. The minimum Gasteiger partial charge on any atom is -0.492 e. The molecule has 3 heterocycles. The molecule has 0 fully saturated rings. The van der Waals surface area contributed by atoms with Gasteiger partial charge in [-0.05, 0) is 43.4 Å². The molecule has 0 amide bonds. The number of aromatic nitrogens is 4. The highest BCUT2D eigenvalue weighted by Crippen LogP contribution is 2.33. The molecular weight excluding hydrogens is 316 g/mol. The fraction of sp³-hybridized carbons (Fsp3) is 0.263. The lowest BCUT2D eigenvalue weighted by atomic mass is 9.91. The minimum absolute atomic E-state index is 0.0881. The summed E-state index contributed by atoms with van der Waals surface area (Å²) in [4.78, 5) is 17.2. The number of aromatic hydroxyl groups is 1. The molecule has 0 radical (unpaired) electrons. The number of hydrogen-bond donors (Lipinski definition) is 1. The first-order valence-electron chi connectivity index (χ1n) is 8.36. The molecule has 1 aliphatic carbocycles. The van der Waals surface area contributed by atoms with Crippen LogP contribution in [-0.2, 0) is 19.4 Å². The summed E-state index contributed by atoms with van der Waals surface area (Å²) in [6.45, 7) is 0.359. The molecule has 0 saturated carbocycles. The Morgan fingerprint density at radius 3 is 2.84 bits per heavy atom. The van der Waals surface area contributed by atoms with E-state index in [4.69, 9.17) is 4.74 Å². The molecular formula is C19H18N4O2. The van der Waals surface area contributed by atoms with E-state index in [-0.39, 0.29) is 5.88 Å². The van der Waals surface area contributed by atoms with Crippen molar-refractivity contribution in [1.29, 1.82) is 0 Å². The van der Waals surface area contributed by atoms with E-state index in [2.05, 4.69) is 19.9 Å². The van der Waals surface area contributed by atoms with Crippen LogP contribution in [0.15, 0.2) is 42.9 Å². The molecule has 1 aliphatic rings. The van der Waals surface area contributed by atoms with Crippen LogP contribution in [0.5, 0.6) is 11.8 Å². The summed E-state index contributed by atoms with van der Waals surface area (Å²) in [7, 11) is 0. The van der Waals surface area contributed by atoms with Gasteiger partial charge < -0.3 is 9.84 Å². The van der Waals surface area contributed by atoms with Crippen molar-refractivity contribution in [3.63, 3.8) is 0 Å². The van der Waals surface area contributed by atoms with Gasteiger partial charge in [0.25, 0.3) is 0 Å². The first-order chi connectivity index (χ1) is 12.3. The maximum atomic E-state index is 9.67. The lowest BCUT2D eigenvalue weighted by molar-refractivity contribution is 0.288. The fourth-order valence-corrected chi connectivity index (χ4v) is 3.10. The molecule has 0 spiro atoms. The van der Waals surface area contributed by atoms with Gasteiger partial charge in [-0.3, -0.25) is 9.97 Å². The molecule has 4 rings (SSSR count). The smallest absolute Gasteiger partial charge is 0.230 e. The third-order valence-electron chi connectivity index (χ3n) is 4.27. The Kier molecular flexibility index (Phi) is 4.24. The Balaban J connectivity index is 1.70. The number of hydrogen-bond acceptors (Lipinski definition) is 6. The summed E-state index contributed by atoms with van der Waals surface area (Å²) in [5.74, 6) is 0.460. The van der Waals surface area contributed by atoms with E-state index in [9.17, 15) is 5.11 Å². The Hall–Kier alpha value is -3.02. The zero-order valence-corrected chi connectivity index (χ0v) is 13.7. The van der Waals surface area contributed by atoms with E-state index in [0.717, 1.165) is 42.6 Å². The van der Waals surface area contributed by atoms with Gasteiger partial charge in [-0.1, -0.05) is 6.07 Å². The van der Waals surface area contributed by atoms with Crippen LogP contribution >= 0.6 is 0 Å². The second-order valence-electron chi connectivity index (χ2n) is 6.01. The average Bonchev–Trinajstić information content (AvgIpc) is 2.66. The molecule has 25 heavy (non-hydrogen) atoms. The quantitative estimate of drug-likeness (QED) is 0.789. The molecule has 0 bridgehead atoms. The van der Waals surface area contributed by atoms with Gasteiger partial charge in [0.1, 0.15) is 6.61 Å². The third-order valence-corrected chi connectivity index (χ3v) is 4.27. The second kappa shape index (κ2) is 6.84. The molecule has 0 unspecified atom stereocenters. The number of pyridine rings is 2. The molecule has 6 heteroatoms. The van der Waals surface area contributed by atoms with Gasteiger partial charge in [-0.2, -0.15) is 0 Å². The standard InChI is InChI=1S/C19H18N4O2/c24-18-11-20-10-17(22-18)15-9-19(23-16-7-2-1-6-14(15)16)25-12-13-5-3-4-8-21-13/h3-5,8-11H,1-2,6-7,12H2,(H,22,24). The SMILES string of the molecule is Oc1cncc(-c2cc(OCc3ccccn3)nc3c2CCCC3)n1. The molecule has 126 valence electrons. The Bertz CT molecular complexity index is 884. The van der Waals surface area contributed by atoms with Crippen LogP contribution in [0.2, 0.25) is 0 Å². The van der Waals surface area contributed by atoms with E-state index in [1.165, 1.54) is 11.8 Å². The second-order valence-corrected chi connectivity index (χ2v) is 6.01. The highest BCUT2D eigenvalue weighted by Gasteiger charge is 2.19. The van der Waals surface area contributed by atoms with Crippen LogP contribution in [-0.4, -0.2) is 25.0 Å².